The zero-order chi connectivity index (χ0) is 19.1. The number of hydrazone groups is 1. The van der Waals surface area contributed by atoms with Crippen molar-refractivity contribution >= 4 is 71.5 Å². The maximum absolute atomic E-state index is 11.9. The number of carbonyl (C=O) groups is 2. The lowest BCUT2D eigenvalue weighted by atomic mass is 10.2. The van der Waals surface area contributed by atoms with Crippen molar-refractivity contribution in [3.8, 4) is 5.75 Å². The zero-order valence-corrected chi connectivity index (χ0v) is 18.1. The van der Waals surface area contributed by atoms with Gasteiger partial charge in [0.25, 0.3) is 0 Å². The minimum absolute atomic E-state index is 0.0105. The zero-order valence-electron chi connectivity index (χ0n) is 13.3. The van der Waals surface area contributed by atoms with Crippen LogP contribution in [0.4, 0.5) is 5.69 Å². The lowest BCUT2D eigenvalue weighted by molar-refractivity contribution is -0.124. The SMILES string of the molecule is O=C(CCC(=O)Nc1ccccc1Br)N/N=C/c1cc(Br)c(O)c(Br)c1. The summed E-state index contributed by atoms with van der Waals surface area (Å²) in [7, 11) is 0. The molecule has 0 bridgehead atoms. The molecule has 0 saturated carbocycles. The molecule has 0 unspecified atom stereocenters. The summed E-state index contributed by atoms with van der Waals surface area (Å²) in [4.78, 5) is 23.7. The molecule has 0 radical (unpaired) electrons. The number of anilines is 1. The summed E-state index contributed by atoms with van der Waals surface area (Å²) < 4.78 is 1.78. The fourth-order valence-electron chi connectivity index (χ4n) is 1.90. The first kappa shape index (κ1) is 20.6. The number of hydrogen-bond donors (Lipinski definition) is 3. The van der Waals surface area contributed by atoms with E-state index in [1.54, 1.807) is 18.2 Å². The van der Waals surface area contributed by atoms with Gasteiger partial charge < -0.3 is 10.4 Å². The van der Waals surface area contributed by atoms with Crippen LogP contribution in [0.15, 0.2) is 54.9 Å². The molecular weight excluding hydrogens is 534 g/mol. The maximum atomic E-state index is 11.9. The van der Waals surface area contributed by atoms with E-state index >= 15 is 0 Å². The standard InChI is InChI=1S/C17H14Br3N3O3/c18-11-3-1-2-4-14(11)22-15(24)5-6-16(25)23-21-9-10-7-12(19)17(26)13(20)8-10/h1-4,7-9,26H,5-6H2,(H,22,24)(H,23,25)/b21-9+. The Kier molecular flexibility index (Phi) is 7.80. The van der Waals surface area contributed by atoms with Crippen LogP contribution in [0.3, 0.4) is 0 Å². The Labute approximate surface area is 175 Å². The first-order valence-corrected chi connectivity index (χ1v) is 9.79. The van der Waals surface area contributed by atoms with Crippen molar-refractivity contribution < 1.29 is 14.7 Å². The second-order valence-corrected chi connectivity index (χ2v) is 7.72. The summed E-state index contributed by atoms with van der Waals surface area (Å²) in [6, 6.07) is 10.5. The predicted octanol–water partition coefficient (Wildman–Crippen LogP) is 4.55. The van der Waals surface area contributed by atoms with Crippen molar-refractivity contribution in [2.75, 3.05) is 5.32 Å². The van der Waals surface area contributed by atoms with Crippen LogP contribution >= 0.6 is 47.8 Å². The second kappa shape index (κ2) is 9.84. The molecule has 6 nitrogen and oxygen atoms in total. The molecule has 0 aromatic heterocycles. The van der Waals surface area contributed by atoms with Gasteiger partial charge in [0, 0.05) is 17.3 Å². The Morgan fingerprint density at radius 1 is 1.00 bits per heavy atom. The number of nitrogens with one attached hydrogen (secondary N) is 2. The molecule has 2 aromatic carbocycles. The normalized spacial score (nSPS) is 10.7. The van der Waals surface area contributed by atoms with Crippen LogP contribution in [0, 0.1) is 0 Å². The number of benzene rings is 2. The highest BCUT2D eigenvalue weighted by Gasteiger charge is 2.08. The number of phenolic OH excluding ortho intramolecular Hbond substituents is 1. The molecule has 2 amide bonds. The smallest absolute Gasteiger partial charge is 0.240 e. The monoisotopic (exact) mass is 545 g/mol. The lowest BCUT2D eigenvalue weighted by Crippen LogP contribution is -2.20. The van der Waals surface area contributed by atoms with E-state index in [0.29, 0.717) is 20.2 Å². The predicted molar refractivity (Wildman–Crippen MR) is 111 cm³/mol. The third kappa shape index (κ3) is 6.22. The minimum Gasteiger partial charge on any atom is -0.506 e. The number of halogens is 3. The topological polar surface area (TPSA) is 90.8 Å². The number of amides is 2. The van der Waals surface area contributed by atoms with Crippen LogP contribution in [0.5, 0.6) is 5.75 Å². The largest absolute Gasteiger partial charge is 0.506 e. The van der Waals surface area contributed by atoms with Gasteiger partial charge in [0.05, 0.1) is 20.8 Å². The molecule has 9 heteroatoms. The van der Waals surface area contributed by atoms with Crippen LogP contribution in [0.25, 0.3) is 0 Å². The van der Waals surface area contributed by atoms with Gasteiger partial charge in [-0.25, -0.2) is 5.43 Å². The lowest BCUT2D eigenvalue weighted by Gasteiger charge is -2.06. The van der Waals surface area contributed by atoms with Gasteiger partial charge in [-0.15, -0.1) is 0 Å². The maximum Gasteiger partial charge on any atom is 0.240 e. The van der Waals surface area contributed by atoms with E-state index < -0.39 is 0 Å². The van der Waals surface area contributed by atoms with E-state index in [1.165, 1.54) is 6.21 Å². The molecule has 0 aliphatic carbocycles. The Balaban J connectivity index is 1.80. The summed E-state index contributed by atoms with van der Waals surface area (Å²) in [5.74, 6) is -0.551. The van der Waals surface area contributed by atoms with Crippen molar-refractivity contribution in [2.45, 2.75) is 12.8 Å². The Morgan fingerprint density at radius 3 is 2.27 bits per heavy atom. The highest BCUT2D eigenvalue weighted by atomic mass is 79.9. The molecule has 26 heavy (non-hydrogen) atoms. The first-order valence-electron chi connectivity index (χ1n) is 7.41. The number of carbonyl (C=O) groups excluding carboxylic acids is 2. The molecule has 0 aliphatic heterocycles. The molecule has 0 saturated heterocycles. The molecule has 3 N–H and O–H groups in total. The summed E-state index contributed by atoms with van der Waals surface area (Å²) in [5, 5.41) is 16.2. The van der Waals surface area contributed by atoms with Gasteiger partial charge in [0.1, 0.15) is 5.75 Å². The first-order chi connectivity index (χ1) is 12.4. The molecule has 0 atom stereocenters. The van der Waals surface area contributed by atoms with Crippen molar-refractivity contribution in [2.24, 2.45) is 5.10 Å². The molecule has 0 heterocycles. The minimum atomic E-state index is -0.375. The van der Waals surface area contributed by atoms with Gasteiger partial charge in [-0.3, -0.25) is 9.59 Å². The molecule has 0 fully saturated rings. The van der Waals surface area contributed by atoms with E-state index in [2.05, 4.69) is 63.6 Å². The number of phenols is 1. The van der Waals surface area contributed by atoms with E-state index in [0.717, 1.165) is 4.47 Å². The van der Waals surface area contributed by atoms with E-state index in [1.807, 2.05) is 18.2 Å². The van der Waals surface area contributed by atoms with Gasteiger partial charge in [0.15, 0.2) is 0 Å². The van der Waals surface area contributed by atoms with E-state index in [4.69, 9.17) is 0 Å². The second-order valence-electron chi connectivity index (χ2n) is 5.15. The molecule has 136 valence electrons. The van der Waals surface area contributed by atoms with Crippen molar-refractivity contribution in [3.05, 3.63) is 55.4 Å². The third-order valence-corrected chi connectivity index (χ3v) is 5.07. The molecule has 2 aromatic rings. The highest BCUT2D eigenvalue weighted by molar-refractivity contribution is 9.11. The fraction of sp³-hybridized carbons (Fsp3) is 0.118. The number of nitrogens with zero attached hydrogens (tertiary/aromatic N) is 1. The average molecular weight is 548 g/mol. The molecule has 0 spiro atoms. The van der Waals surface area contributed by atoms with Crippen molar-refractivity contribution in [3.63, 3.8) is 0 Å². The fourth-order valence-corrected chi connectivity index (χ4v) is 3.50. The van der Waals surface area contributed by atoms with Crippen LogP contribution in [-0.4, -0.2) is 23.1 Å². The summed E-state index contributed by atoms with van der Waals surface area (Å²) in [5.41, 5.74) is 3.69. The van der Waals surface area contributed by atoms with Crippen LogP contribution in [0.2, 0.25) is 0 Å². The summed E-state index contributed by atoms with van der Waals surface area (Å²) in [6.07, 6.45) is 1.49. The summed E-state index contributed by atoms with van der Waals surface area (Å²) in [6.45, 7) is 0. The average Bonchev–Trinajstić information content (AvgIpc) is 2.60. The quantitative estimate of drug-likeness (QED) is 0.366. The van der Waals surface area contributed by atoms with Crippen molar-refractivity contribution in [1.82, 2.24) is 5.43 Å². The molecule has 0 aliphatic rings. The Hall–Kier alpha value is -1.71. The van der Waals surface area contributed by atoms with Crippen LogP contribution < -0.4 is 10.7 Å². The van der Waals surface area contributed by atoms with Crippen LogP contribution in [-0.2, 0) is 9.59 Å². The van der Waals surface area contributed by atoms with Gasteiger partial charge in [-0.2, -0.15) is 5.10 Å². The molecule has 2 rings (SSSR count). The number of aromatic hydroxyl groups is 1. The highest BCUT2D eigenvalue weighted by Crippen LogP contribution is 2.32. The van der Waals surface area contributed by atoms with Crippen LogP contribution in [0.1, 0.15) is 18.4 Å². The number of para-hydroxylation sites is 1. The number of rotatable bonds is 6. The van der Waals surface area contributed by atoms with Gasteiger partial charge >= 0.3 is 0 Å². The number of hydrogen-bond acceptors (Lipinski definition) is 4. The van der Waals surface area contributed by atoms with E-state index in [9.17, 15) is 14.7 Å². The van der Waals surface area contributed by atoms with E-state index in [-0.39, 0.29) is 30.4 Å². The summed E-state index contributed by atoms with van der Waals surface area (Å²) >= 11 is 9.77. The van der Waals surface area contributed by atoms with Gasteiger partial charge in [-0.1, -0.05) is 12.1 Å². The van der Waals surface area contributed by atoms with Crippen molar-refractivity contribution in [1.29, 1.82) is 0 Å². The third-order valence-electron chi connectivity index (χ3n) is 3.17. The Morgan fingerprint density at radius 2 is 1.62 bits per heavy atom. The van der Waals surface area contributed by atoms with Gasteiger partial charge in [0.2, 0.25) is 11.8 Å². The Bertz CT molecular complexity index is 833. The molecular formula is C17H14Br3N3O3. The van der Waals surface area contributed by atoms with Gasteiger partial charge in [-0.05, 0) is 77.6 Å².